The van der Waals surface area contributed by atoms with E-state index in [1.165, 1.54) is 20.0 Å². The average molecular weight is 174 g/mol. The molecule has 11 heavy (non-hydrogen) atoms. The molecular weight excluding hydrogens is 160 g/mol. The smallest absolute Gasteiger partial charge is 0.306 e. The standard InChI is InChI=1S/C8H14O2S/c1-6(5-8(9)10-2)11-7-3-4-7/h6-7H,3-5H2,1-2H3. The summed E-state index contributed by atoms with van der Waals surface area (Å²) in [6.45, 7) is 2.08. The maximum atomic E-state index is 10.8. The molecule has 64 valence electrons. The number of hydrogen-bond donors (Lipinski definition) is 0. The van der Waals surface area contributed by atoms with Crippen molar-refractivity contribution in [2.45, 2.75) is 36.7 Å². The third kappa shape index (κ3) is 3.65. The normalized spacial score (nSPS) is 19.5. The molecule has 0 saturated heterocycles. The van der Waals surface area contributed by atoms with Crippen molar-refractivity contribution in [1.29, 1.82) is 0 Å². The van der Waals surface area contributed by atoms with E-state index in [-0.39, 0.29) is 5.97 Å². The van der Waals surface area contributed by atoms with Crippen LogP contribution in [0.25, 0.3) is 0 Å². The topological polar surface area (TPSA) is 26.3 Å². The summed E-state index contributed by atoms with van der Waals surface area (Å²) < 4.78 is 4.57. The quantitative estimate of drug-likeness (QED) is 0.608. The Morgan fingerprint density at radius 3 is 2.82 bits per heavy atom. The molecule has 1 aliphatic rings. The Morgan fingerprint density at radius 2 is 2.36 bits per heavy atom. The van der Waals surface area contributed by atoms with Crippen LogP contribution in [-0.2, 0) is 9.53 Å². The summed E-state index contributed by atoms with van der Waals surface area (Å²) in [6, 6.07) is 0. The van der Waals surface area contributed by atoms with Gasteiger partial charge in [0.15, 0.2) is 0 Å². The number of carbonyl (C=O) groups excluding carboxylic acids is 1. The van der Waals surface area contributed by atoms with Crippen molar-refractivity contribution in [3.8, 4) is 0 Å². The van der Waals surface area contributed by atoms with Crippen LogP contribution in [0.15, 0.2) is 0 Å². The Bertz CT molecular complexity index is 143. The van der Waals surface area contributed by atoms with Gasteiger partial charge in [-0.05, 0) is 12.8 Å². The molecule has 1 aliphatic carbocycles. The molecule has 0 N–H and O–H groups in total. The first-order valence-corrected chi connectivity index (χ1v) is 4.89. The second kappa shape index (κ2) is 4.00. The van der Waals surface area contributed by atoms with Crippen LogP contribution in [0.3, 0.4) is 0 Å². The molecule has 0 radical (unpaired) electrons. The lowest BCUT2D eigenvalue weighted by Gasteiger charge is -2.07. The molecule has 0 aromatic rings. The van der Waals surface area contributed by atoms with Crippen molar-refractivity contribution in [3.05, 3.63) is 0 Å². The van der Waals surface area contributed by atoms with Crippen LogP contribution in [-0.4, -0.2) is 23.6 Å². The van der Waals surface area contributed by atoms with Gasteiger partial charge in [-0.25, -0.2) is 0 Å². The number of rotatable bonds is 4. The van der Waals surface area contributed by atoms with Gasteiger partial charge in [0.25, 0.3) is 0 Å². The molecule has 0 spiro atoms. The second-order valence-electron chi connectivity index (χ2n) is 2.93. The van der Waals surface area contributed by atoms with Gasteiger partial charge in [-0.3, -0.25) is 4.79 Å². The molecule has 0 amide bonds. The van der Waals surface area contributed by atoms with Crippen LogP contribution >= 0.6 is 11.8 Å². The number of ether oxygens (including phenoxy) is 1. The maximum absolute atomic E-state index is 10.8. The van der Waals surface area contributed by atoms with Crippen molar-refractivity contribution in [2.75, 3.05) is 7.11 Å². The fourth-order valence-electron chi connectivity index (χ4n) is 0.899. The van der Waals surface area contributed by atoms with Crippen LogP contribution in [0.1, 0.15) is 26.2 Å². The summed E-state index contributed by atoms with van der Waals surface area (Å²) in [4.78, 5) is 10.8. The summed E-state index contributed by atoms with van der Waals surface area (Å²) in [5, 5.41) is 1.25. The maximum Gasteiger partial charge on any atom is 0.306 e. The third-order valence-corrected chi connectivity index (χ3v) is 3.12. The van der Waals surface area contributed by atoms with E-state index in [1.54, 1.807) is 0 Å². The highest BCUT2D eigenvalue weighted by molar-refractivity contribution is 8.00. The lowest BCUT2D eigenvalue weighted by molar-refractivity contribution is -0.140. The van der Waals surface area contributed by atoms with Crippen molar-refractivity contribution in [2.24, 2.45) is 0 Å². The predicted octanol–water partition coefficient (Wildman–Crippen LogP) is 1.83. The summed E-state index contributed by atoms with van der Waals surface area (Å²) in [7, 11) is 1.44. The summed E-state index contributed by atoms with van der Waals surface area (Å²) >= 11 is 1.91. The fourth-order valence-corrected chi connectivity index (χ4v) is 2.20. The van der Waals surface area contributed by atoms with Crippen LogP contribution in [0.4, 0.5) is 0 Å². The highest BCUT2D eigenvalue weighted by Crippen LogP contribution is 2.37. The van der Waals surface area contributed by atoms with Gasteiger partial charge in [-0.15, -0.1) is 0 Å². The third-order valence-electron chi connectivity index (χ3n) is 1.63. The van der Waals surface area contributed by atoms with Gasteiger partial charge in [0.1, 0.15) is 0 Å². The average Bonchev–Trinajstić information content (AvgIpc) is 2.71. The van der Waals surface area contributed by atoms with Crippen LogP contribution in [0.5, 0.6) is 0 Å². The number of thioether (sulfide) groups is 1. The molecule has 0 bridgehead atoms. The van der Waals surface area contributed by atoms with Gasteiger partial charge < -0.3 is 4.74 Å². The van der Waals surface area contributed by atoms with Crippen LogP contribution in [0, 0.1) is 0 Å². The minimum absolute atomic E-state index is 0.0920. The molecule has 1 unspecified atom stereocenters. The van der Waals surface area contributed by atoms with E-state index in [9.17, 15) is 4.79 Å². The molecule has 0 aliphatic heterocycles. The lowest BCUT2D eigenvalue weighted by atomic mass is 10.3. The minimum Gasteiger partial charge on any atom is -0.469 e. The fraction of sp³-hybridized carbons (Fsp3) is 0.875. The van der Waals surface area contributed by atoms with Crippen LogP contribution < -0.4 is 0 Å². The second-order valence-corrected chi connectivity index (χ2v) is 4.67. The molecule has 2 nitrogen and oxygen atoms in total. The molecular formula is C8H14O2S. The van der Waals surface area contributed by atoms with E-state index in [0.717, 1.165) is 5.25 Å². The van der Waals surface area contributed by atoms with Gasteiger partial charge in [0.2, 0.25) is 0 Å². The molecule has 1 atom stereocenters. The first-order valence-electron chi connectivity index (χ1n) is 3.94. The SMILES string of the molecule is COC(=O)CC(C)SC1CC1. The van der Waals surface area contributed by atoms with E-state index < -0.39 is 0 Å². The Morgan fingerprint density at radius 1 is 1.73 bits per heavy atom. The zero-order valence-electron chi connectivity index (χ0n) is 7.00. The number of methoxy groups -OCH3 is 1. The van der Waals surface area contributed by atoms with Crippen LogP contribution in [0.2, 0.25) is 0 Å². The Labute approximate surface area is 71.7 Å². The largest absolute Gasteiger partial charge is 0.469 e. The highest BCUT2D eigenvalue weighted by atomic mass is 32.2. The van der Waals surface area contributed by atoms with Gasteiger partial charge in [0.05, 0.1) is 13.5 Å². The number of esters is 1. The minimum atomic E-state index is -0.0920. The van der Waals surface area contributed by atoms with Crippen molar-refractivity contribution < 1.29 is 9.53 Å². The predicted molar refractivity (Wildman–Crippen MR) is 46.7 cm³/mol. The van der Waals surface area contributed by atoms with Gasteiger partial charge >= 0.3 is 5.97 Å². The highest BCUT2D eigenvalue weighted by Gasteiger charge is 2.25. The summed E-state index contributed by atoms with van der Waals surface area (Å²) in [6.07, 6.45) is 3.21. The van der Waals surface area contributed by atoms with Gasteiger partial charge in [-0.1, -0.05) is 6.92 Å². The Balaban J connectivity index is 2.08. The first kappa shape index (κ1) is 8.91. The molecule has 1 rings (SSSR count). The Kier molecular flexibility index (Phi) is 3.24. The van der Waals surface area contributed by atoms with E-state index >= 15 is 0 Å². The molecule has 0 heterocycles. The number of carbonyl (C=O) groups is 1. The van der Waals surface area contributed by atoms with E-state index in [4.69, 9.17) is 0 Å². The van der Waals surface area contributed by atoms with Crippen molar-refractivity contribution >= 4 is 17.7 Å². The van der Waals surface area contributed by atoms with Crippen molar-refractivity contribution in [3.63, 3.8) is 0 Å². The van der Waals surface area contributed by atoms with Crippen molar-refractivity contribution in [1.82, 2.24) is 0 Å². The summed E-state index contributed by atoms with van der Waals surface area (Å²) in [5.74, 6) is -0.0920. The molecule has 1 saturated carbocycles. The molecule has 1 fully saturated rings. The monoisotopic (exact) mass is 174 g/mol. The van der Waals surface area contributed by atoms with Gasteiger partial charge in [-0.2, -0.15) is 11.8 Å². The van der Waals surface area contributed by atoms with E-state index in [0.29, 0.717) is 11.7 Å². The molecule has 0 aromatic heterocycles. The van der Waals surface area contributed by atoms with Gasteiger partial charge in [0, 0.05) is 10.5 Å². The number of hydrogen-bond acceptors (Lipinski definition) is 3. The van der Waals surface area contributed by atoms with E-state index in [1.807, 2.05) is 11.8 Å². The van der Waals surface area contributed by atoms with E-state index in [2.05, 4.69) is 11.7 Å². The lowest BCUT2D eigenvalue weighted by Crippen LogP contribution is -2.09. The molecule has 0 aromatic carbocycles. The Hall–Kier alpha value is -0.180. The zero-order valence-corrected chi connectivity index (χ0v) is 7.82. The zero-order chi connectivity index (χ0) is 8.27. The molecule has 3 heteroatoms. The summed E-state index contributed by atoms with van der Waals surface area (Å²) in [5.41, 5.74) is 0. The first-order chi connectivity index (χ1) is 5.22.